The Balaban J connectivity index is 1.35. The number of cyclic esters (lactones) is 1. The van der Waals surface area contributed by atoms with Gasteiger partial charge in [0.2, 0.25) is 0 Å². The molecule has 1 aromatic heterocycles. The minimum atomic E-state index is -0.764. The van der Waals surface area contributed by atoms with Crippen molar-refractivity contribution in [1.29, 1.82) is 0 Å². The monoisotopic (exact) mass is 755 g/mol. The van der Waals surface area contributed by atoms with E-state index in [2.05, 4.69) is 63.3 Å². The molecule has 5 rings (SSSR count). The molecule has 0 unspecified atom stereocenters. The van der Waals surface area contributed by atoms with Gasteiger partial charge in [0.15, 0.2) is 18.1 Å². The van der Waals surface area contributed by atoms with Crippen LogP contribution >= 0.6 is 34.8 Å². The molecule has 0 aliphatic carbocycles. The second-order valence-electron chi connectivity index (χ2n) is 13.5. The first-order valence-electron chi connectivity index (χ1n) is 16.5. The van der Waals surface area contributed by atoms with Crippen molar-refractivity contribution >= 4 is 69.9 Å². The number of H-pyrrole nitrogens is 1. The molecule has 270 valence electrons. The molecule has 0 radical (unpaired) electrons. The van der Waals surface area contributed by atoms with Crippen LogP contribution in [0.25, 0.3) is 5.69 Å². The number of aromatic amines is 1. The molecular formula is C37H40Cl3N5O6. The lowest BCUT2D eigenvalue weighted by Gasteiger charge is -2.30. The maximum Gasteiger partial charge on any atom is 0.414 e. The largest absolute Gasteiger partial charge is 0.483 e. The average Bonchev–Trinajstić information content (AvgIpc) is 3.64. The molecule has 2 heterocycles. The molecule has 1 aliphatic rings. The van der Waals surface area contributed by atoms with Crippen LogP contribution in [0.2, 0.25) is 15.1 Å². The minimum absolute atomic E-state index is 0.00914. The van der Waals surface area contributed by atoms with E-state index in [4.69, 9.17) is 44.3 Å². The molecule has 0 atom stereocenters. The van der Waals surface area contributed by atoms with Gasteiger partial charge in [-0.05, 0) is 65.6 Å². The van der Waals surface area contributed by atoms with Crippen LogP contribution < -0.4 is 25.8 Å². The fourth-order valence-electron chi connectivity index (χ4n) is 5.53. The standard InChI is InChI=1S/C37H40Cl3N5O6/c1-7-36(3,4)22-12-13-28(25(17-22)37(5,6)8-2)51-20-29(46)41-24-11-9-10-21(16-24)33(47)42-32-31(44-14-15-50-35(44)49)34(48)45(43-32)30-26(39)18-23(38)19-27(30)40/h9-13,16-19,43H,7-8,14-15,20H2,1-6H3,(H,41,46)(H,42,47). The van der Waals surface area contributed by atoms with Crippen LogP contribution in [-0.4, -0.2) is 47.4 Å². The first kappa shape index (κ1) is 37.8. The zero-order chi connectivity index (χ0) is 37.2. The number of carbonyl (C=O) groups excluding carboxylic acids is 3. The lowest BCUT2D eigenvalue weighted by atomic mass is 9.76. The highest BCUT2D eigenvalue weighted by molar-refractivity contribution is 6.40. The maximum atomic E-state index is 13.7. The van der Waals surface area contributed by atoms with Gasteiger partial charge in [-0.25, -0.2) is 9.48 Å². The Kier molecular flexibility index (Phi) is 11.1. The number of hydrogen-bond donors (Lipinski definition) is 3. The van der Waals surface area contributed by atoms with Crippen LogP contribution in [-0.2, 0) is 20.4 Å². The molecule has 0 spiro atoms. The SMILES string of the molecule is CCC(C)(C)c1ccc(OCC(=O)Nc2cccc(C(=O)Nc3[nH]n(-c4c(Cl)cc(Cl)cc4Cl)c(=O)c3N3CCOC3=O)c2)c(C(C)(C)CC)c1. The zero-order valence-corrected chi connectivity index (χ0v) is 31.5. The quantitative estimate of drug-likeness (QED) is 0.132. The second-order valence-corrected chi connectivity index (χ2v) is 14.8. The van der Waals surface area contributed by atoms with E-state index in [1.54, 1.807) is 12.1 Å². The van der Waals surface area contributed by atoms with Gasteiger partial charge in [-0.1, -0.05) is 94.5 Å². The van der Waals surface area contributed by atoms with Crippen molar-refractivity contribution in [3.05, 3.63) is 96.7 Å². The van der Waals surface area contributed by atoms with E-state index in [1.165, 1.54) is 29.8 Å². The third-order valence-corrected chi connectivity index (χ3v) is 10.2. The van der Waals surface area contributed by atoms with Crippen LogP contribution in [0, 0.1) is 0 Å². The fraction of sp³-hybridized carbons (Fsp3) is 0.351. The molecule has 14 heteroatoms. The summed E-state index contributed by atoms with van der Waals surface area (Å²) < 4.78 is 12.1. The summed E-state index contributed by atoms with van der Waals surface area (Å²) in [5, 5.41) is 8.61. The van der Waals surface area contributed by atoms with Gasteiger partial charge >= 0.3 is 6.09 Å². The predicted octanol–water partition coefficient (Wildman–Crippen LogP) is 8.73. The van der Waals surface area contributed by atoms with Crippen molar-refractivity contribution in [2.75, 3.05) is 35.3 Å². The number of amides is 3. The van der Waals surface area contributed by atoms with Gasteiger partial charge in [-0.3, -0.25) is 24.4 Å². The van der Waals surface area contributed by atoms with E-state index in [9.17, 15) is 19.2 Å². The van der Waals surface area contributed by atoms with Crippen LogP contribution in [0.5, 0.6) is 5.75 Å². The molecular weight excluding hydrogens is 717 g/mol. The third-order valence-electron chi connectivity index (χ3n) is 9.37. The topological polar surface area (TPSA) is 135 Å². The number of halogens is 3. The Morgan fingerprint density at radius 2 is 1.59 bits per heavy atom. The molecule has 1 aliphatic heterocycles. The van der Waals surface area contributed by atoms with Crippen LogP contribution in [0.3, 0.4) is 0 Å². The summed E-state index contributed by atoms with van der Waals surface area (Å²) in [4.78, 5) is 53.9. The van der Waals surface area contributed by atoms with E-state index in [-0.39, 0.29) is 68.4 Å². The van der Waals surface area contributed by atoms with Crippen molar-refractivity contribution in [3.63, 3.8) is 0 Å². The second kappa shape index (κ2) is 15.0. The van der Waals surface area contributed by atoms with Crippen LogP contribution in [0.4, 0.5) is 22.0 Å². The normalized spacial score (nSPS) is 13.3. The number of hydrogen-bond acceptors (Lipinski definition) is 6. The number of rotatable bonds is 12. The number of nitrogens with zero attached hydrogens (tertiary/aromatic N) is 2. The van der Waals surface area contributed by atoms with Gasteiger partial charge in [-0.15, -0.1) is 0 Å². The van der Waals surface area contributed by atoms with Crippen molar-refractivity contribution in [2.24, 2.45) is 0 Å². The van der Waals surface area contributed by atoms with Crippen molar-refractivity contribution < 1.29 is 23.9 Å². The Bertz CT molecular complexity index is 2030. The fourth-order valence-corrected chi connectivity index (χ4v) is 6.52. The molecule has 0 saturated carbocycles. The molecule has 3 N–H and O–H groups in total. The summed E-state index contributed by atoms with van der Waals surface area (Å²) in [5.41, 5.74) is 1.73. The smallest absolute Gasteiger partial charge is 0.414 e. The van der Waals surface area contributed by atoms with Crippen LogP contribution in [0.15, 0.2) is 59.4 Å². The molecule has 4 aromatic rings. The predicted molar refractivity (Wildman–Crippen MR) is 202 cm³/mol. The Morgan fingerprint density at radius 3 is 2.22 bits per heavy atom. The summed E-state index contributed by atoms with van der Waals surface area (Å²) in [7, 11) is 0. The van der Waals surface area contributed by atoms with Gasteiger partial charge in [0, 0.05) is 21.8 Å². The highest BCUT2D eigenvalue weighted by Gasteiger charge is 2.33. The molecule has 0 bridgehead atoms. The van der Waals surface area contributed by atoms with Crippen molar-refractivity contribution in [3.8, 4) is 11.4 Å². The highest BCUT2D eigenvalue weighted by atomic mass is 35.5. The van der Waals surface area contributed by atoms with E-state index in [1.807, 2.05) is 12.1 Å². The Morgan fingerprint density at radius 1 is 0.902 bits per heavy atom. The van der Waals surface area contributed by atoms with Crippen LogP contribution in [0.1, 0.15) is 75.9 Å². The number of carbonyl (C=O) groups is 3. The molecule has 3 aromatic carbocycles. The van der Waals surface area contributed by atoms with E-state index in [0.717, 1.165) is 28.0 Å². The number of benzene rings is 3. The number of aromatic nitrogens is 2. The first-order chi connectivity index (χ1) is 24.1. The van der Waals surface area contributed by atoms with Gasteiger partial charge in [0.25, 0.3) is 17.4 Å². The number of ether oxygens (including phenoxy) is 2. The Hall–Kier alpha value is -4.45. The number of nitrogens with one attached hydrogen (secondary N) is 3. The minimum Gasteiger partial charge on any atom is -0.483 e. The van der Waals surface area contributed by atoms with Crippen molar-refractivity contribution in [1.82, 2.24) is 9.78 Å². The molecule has 3 amide bonds. The van der Waals surface area contributed by atoms with Gasteiger partial charge < -0.3 is 20.1 Å². The molecule has 1 fully saturated rings. The van der Waals surface area contributed by atoms with Gasteiger partial charge in [0.05, 0.1) is 16.6 Å². The molecule has 51 heavy (non-hydrogen) atoms. The van der Waals surface area contributed by atoms with Crippen molar-refractivity contribution in [2.45, 2.75) is 65.2 Å². The first-order valence-corrected chi connectivity index (χ1v) is 17.6. The third kappa shape index (κ3) is 8.06. The van der Waals surface area contributed by atoms with Gasteiger partial charge in [-0.2, -0.15) is 0 Å². The van der Waals surface area contributed by atoms with E-state index >= 15 is 0 Å². The van der Waals surface area contributed by atoms with Gasteiger partial charge in [0.1, 0.15) is 18.0 Å². The zero-order valence-electron chi connectivity index (χ0n) is 29.2. The molecule has 11 nitrogen and oxygen atoms in total. The summed E-state index contributed by atoms with van der Waals surface area (Å²) in [5.74, 6) is -0.522. The number of anilines is 3. The summed E-state index contributed by atoms with van der Waals surface area (Å²) >= 11 is 18.8. The van der Waals surface area contributed by atoms with E-state index in [0.29, 0.717) is 11.4 Å². The lowest BCUT2D eigenvalue weighted by molar-refractivity contribution is -0.118. The summed E-state index contributed by atoms with van der Waals surface area (Å²) in [6.07, 6.45) is 1.09. The van der Waals surface area contributed by atoms with E-state index < -0.39 is 23.5 Å². The summed E-state index contributed by atoms with van der Waals surface area (Å²) in [6.45, 7) is 12.9. The summed E-state index contributed by atoms with van der Waals surface area (Å²) in [6, 6.07) is 15.2. The highest BCUT2D eigenvalue weighted by Crippen LogP contribution is 2.39. The Labute approximate surface area is 311 Å². The lowest BCUT2D eigenvalue weighted by Crippen LogP contribution is -2.30. The molecule has 1 saturated heterocycles. The maximum absolute atomic E-state index is 13.7. The average molecular weight is 757 g/mol.